The summed E-state index contributed by atoms with van der Waals surface area (Å²) in [5, 5.41) is 0. The summed E-state index contributed by atoms with van der Waals surface area (Å²) in [5.74, 6) is 1.24. The standard InChI is InChI=1S/C26H23BrN2O4/c1-2-23-28-21-10-6-7-11-22(21)29(23)14-24(30)31-15-18-12-20(27)13-19-16-32-26(33-25(18)19)17-8-4-3-5-9-17/h3-13,26H,2,14-16H2,1H3. The minimum Gasteiger partial charge on any atom is -0.460 e. The summed E-state index contributed by atoms with van der Waals surface area (Å²) >= 11 is 3.54. The Balaban J connectivity index is 1.34. The molecule has 4 aromatic rings. The van der Waals surface area contributed by atoms with Gasteiger partial charge in [-0.15, -0.1) is 0 Å². The van der Waals surface area contributed by atoms with Crippen molar-refractivity contribution in [3.63, 3.8) is 0 Å². The lowest BCUT2D eigenvalue weighted by Gasteiger charge is -2.28. The second-order valence-corrected chi connectivity index (χ2v) is 8.76. The molecule has 7 heteroatoms. The Labute approximate surface area is 200 Å². The number of halogens is 1. The number of benzene rings is 3. The van der Waals surface area contributed by atoms with E-state index in [0.717, 1.165) is 44.4 Å². The number of hydrogen-bond acceptors (Lipinski definition) is 5. The monoisotopic (exact) mass is 506 g/mol. The number of ether oxygens (including phenoxy) is 3. The highest BCUT2D eigenvalue weighted by atomic mass is 79.9. The molecule has 1 unspecified atom stereocenters. The molecule has 0 amide bonds. The molecule has 0 aliphatic carbocycles. The maximum Gasteiger partial charge on any atom is 0.326 e. The van der Waals surface area contributed by atoms with Gasteiger partial charge in [0.15, 0.2) is 0 Å². The fourth-order valence-corrected chi connectivity index (χ4v) is 4.62. The van der Waals surface area contributed by atoms with Crippen LogP contribution in [-0.4, -0.2) is 15.5 Å². The summed E-state index contributed by atoms with van der Waals surface area (Å²) in [6, 6.07) is 21.5. The van der Waals surface area contributed by atoms with Crippen LogP contribution in [0.15, 0.2) is 71.2 Å². The van der Waals surface area contributed by atoms with Crippen LogP contribution in [0.4, 0.5) is 0 Å². The predicted octanol–water partition coefficient (Wildman–Crippen LogP) is 5.71. The fourth-order valence-electron chi connectivity index (χ4n) is 4.06. The van der Waals surface area contributed by atoms with Gasteiger partial charge in [-0.05, 0) is 24.3 Å². The van der Waals surface area contributed by atoms with Crippen LogP contribution < -0.4 is 4.74 Å². The third-order valence-corrected chi connectivity index (χ3v) is 6.08. The van der Waals surface area contributed by atoms with E-state index >= 15 is 0 Å². The number of nitrogens with zero attached hydrogens (tertiary/aromatic N) is 2. The lowest BCUT2D eigenvalue weighted by atomic mass is 10.1. The van der Waals surface area contributed by atoms with E-state index in [9.17, 15) is 4.79 Å². The summed E-state index contributed by atoms with van der Waals surface area (Å²) in [6.07, 6.45) is 0.231. The molecule has 0 spiro atoms. The summed E-state index contributed by atoms with van der Waals surface area (Å²) in [6.45, 7) is 2.66. The SMILES string of the molecule is CCc1nc2ccccc2n1CC(=O)OCc1cc(Br)cc2c1OC(c1ccccc1)OC2. The van der Waals surface area contributed by atoms with E-state index in [2.05, 4.69) is 20.9 Å². The first-order valence-electron chi connectivity index (χ1n) is 10.9. The molecule has 1 atom stereocenters. The highest BCUT2D eigenvalue weighted by Gasteiger charge is 2.25. The van der Waals surface area contributed by atoms with Crippen LogP contribution in [0.5, 0.6) is 5.75 Å². The average Bonchev–Trinajstić information content (AvgIpc) is 3.20. The van der Waals surface area contributed by atoms with Gasteiger partial charge in [-0.3, -0.25) is 4.79 Å². The van der Waals surface area contributed by atoms with Crippen LogP contribution in [0.3, 0.4) is 0 Å². The molecule has 6 nitrogen and oxygen atoms in total. The maximum absolute atomic E-state index is 12.8. The molecule has 168 valence electrons. The minimum absolute atomic E-state index is 0.107. The van der Waals surface area contributed by atoms with Gasteiger partial charge >= 0.3 is 5.97 Å². The maximum atomic E-state index is 12.8. The molecule has 0 saturated heterocycles. The number of aryl methyl sites for hydroxylation is 1. The Morgan fingerprint density at radius 1 is 1.15 bits per heavy atom. The average molecular weight is 507 g/mol. The van der Waals surface area contributed by atoms with Gasteiger partial charge in [-0.25, -0.2) is 4.98 Å². The molecule has 0 fully saturated rings. The van der Waals surface area contributed by atoms with Crippen molar-refractivity contribution in [3.05, 3.63) is 93.7 Å². The highest BCUT2D eigenvalue weighted by molar-refractivity contribution is 9.10. The summed E-state index contributed by atoms with van der Waals surface area (Å²) in [4.78, 5) is 17.4. The van der Waals surface area contributed by atoms with Gasteiger partial charge in [0.1, 0.15) is 24.7 Å². The molecule has 0 saturated carbocycles. The number of esters is 1. The van der Waals surface area contributed by atoms with Crippen LogP contribution in [0, 0.1) is 0 Å². The molecule has 1 aliphatic heterocycles. The van der Waals surface area contributed by atoms with Crippen molar-refractivity contribution in [2.24, 2.45) is 0 Å². The van der Waals surface area contributed by atoms with Crippen LogP contribution in [0.1, 0.15) is 35.7 Å². The van der Waals surface area contributed by atoms with E-state index in [1.165, 1.54) is 0 Å². The van der Waals surface area contributed by atoms with Crippen LogP contribution in [-0.2, 0) is 40.4 Å². The van der Waals surface area contributed by atoms with Crippen molar-refractivity contribution in [2.75, 3.05) is 0 Å². The Bertz CT molecular complexity index is 1300. The van der Waals surface area contributed by atoms with Gasteiger partial charge in [0.25, 0.3) is 0 Å². The molecule has 1 aliphatic rings. The molecule has 1 aromatic heterocycles. The fraction of sp³-hybridized carbons (Fsp3) is 0.231. The molecule has 0 N–H and O–H groups in total. The van der Waals surface area contributed by atoms with Crippen LogP contribution in [0.25, 0.3) is 11.0 Å². The van der Waals surface area contributed by atoms with E-state index in [4.69, 9.17) is 14.2 Å². The number of para-hydroxylation sites is 2. The van der Waals surface area contributed by atoms with Crippen LogP contribution >= 0.6 is 15.9 Å². The first kappa shape index (κ1) is 21.7. The van der Waals surface area contributed by atoms with E-state index in [1.54, 1.807) is 0 Å². The lowest BCUT2D eigenvalue weighted by Crippen LogP contribution is -2.20. The molecule has 2 heterocycles. The van der Waals surface area contributed by atoms with Crippen molar-refractivity contribution in [1.29, 1.82) is 0 Å². The first-order valence-corrected chi connectivity index (χ1v) is 11.7. The number of aromatic nitrogens is 2. The van der Waals surface area contributed by atoms with Gasteiger partial charge in [-0.1, -0.05) is 65.3 Å². The minimum atomic E-state index is -0.501. The number of hydrogen-bond donors (Lipinski definition) is 0. The molecular weight excluding hydrogens is 484 g/mol. The van der Waals surface area contributed by atoms with Crippen molar-refractivity contribution in [3.8, 4) is 5.75 Å². The van der Waals surface area contributed by atoms with Gasteiger partial charge < -0.3 is 18.8 Å². The number of carbonyl (C=O) groups is 1. The van der Waals surface area contributed by atoms with E-state index in [1.807, 2.05) is 78.2 Å². The number of fused-ring (bicyclic) bond motifs is 2. The van der Waals surface area contributed by atoms with Crippen molar-refractivity contribution >= 4 is 32.9 Å². The van der Waals surface area contributed by atoms with E-state index < -0.39 is 6.29 Å². The van der Waals surface area contributed by atoms with Gasteiger partial charge in [0.05, 0.1) is 17.6 Å². The van der Waals surface area contributed by atoms with E-state index in [-0.39, 0.29) is 19.1 Å². The Morgan fingerprint density at radius 2 is 1.94 bits per heavy atom. The molecular formula is C26H23BrN2O4. The summed E-state index contributed by atoms with van der Waals surface area (Å²) in [5.41, 5.74) is 4.45. The predicted molar refractivity (Wildman–Crippen MR) is 128 cm³/mol. The lowest BCUT2D eigenvalue weighted by molar-refractivity contribution is -0.146. The first-order chi connectivity index (χ1) is 16.1. The van der Waals surface area contributed by atoms with Gasteiger partial charge in [0, 0.05) is 27.6 Å². The van der Waals surface area contributed by atoms with Crippen molar-refractivity contribution in [1.82, 2.24) is 9.55 Å². The molecule has 0 bridgehead atoms. The van der Waals surface area contributed by atoms with Gasteiger partial charge in [0.2, 0.25) is 6.29 Å². The molecule has 33 heavy (non-hydrogen) atoms. The van der Waals surface area contributed by atoms with E-state index in [0.29, 0.717) is 12.4 Å². The Hall–Kier alpha value is -3.16. The third kappa shape index (κ3) is 4.51. The van der Waals surface area contributed by atoms with Crippen molar-refractivity contribution < 1.29 is 19.0 Å². The smallest absolute Gasteiger partial charge is 0.326 e. The molecule has 3 aromatic carbocycles. The Morgan fingerprint density at radius 3 is 2.76 bits per heavy atom. The number of carbonyl (C=O) groups excluding carboxylic acids is 1. The number of rotatable bonds is 6. The zero-order valence-electron chi connectivity index (χ0n) is 18.2. The van der Waals surface area contributed by atoms with Crippen molar-refractivity contribution in [2.45, 2.75) is 39.4 Å². The zero-order chi connectivity index (χ0) is 22.8. The summed E-state index contributed by atoms with van der Waals surface area (Å²) in [7, 11) is 0. The van der Waals surface area contributed by atoms with Gasteiger partial charge in [-0.2, -0.15) is 0 Å². The molecule has 5 rings (SSSR count). The Kier molecular flexibility index (Phi) is 6.15. The highest BCUT2D eigenvalue weighted by Crippen LogP contribution is 2.38. The third-order valence-electron chi connectivity index (χ3n) is 5.62. The largest absolute Gasteiger partial charge is 0.460 e. The summed E-state index contributed by atoms with van der Waals surface area (Å²) < 4.78 is 20.6. The van der Waals surface area contributed by atoms with Crippen LogP contribution in [0.2, 0.25) is 0 Å². The normalized spacial score (nSPS) is 15.2. The quantitative estimate of drug-likeness (QED) is 0.313. The zero-order valence-corrected chi connectivity index (χ0v) is 19.7. The second-order valence-electron chi connectivity index (χ2n) is 7.84. The second kappa shape index (κ2) is 9.37. The molecule has 0 radical (unpaired) electrons. The number of imidazole rings is 1. The topological polar surface area (TPSA) is 62.6 Å².